The zero-order valence-electron chi connectivity index (χ0n) is 27.9. The number of benzene rings is 5. The summed E-state index contributed by atoms with van der Waals surface area (Å²) in [5, 5.41) is 2.13. The van der Waals surface area contributed by atoms with Gasteiger partial charge in [0.25, 0.3) is 0 Å². The van der Waals surface area contributed by atoms with Crippen molar-refractivity contribution in [1.82, 2.24) is 10.4 Å². The molecule has 1 atom stereocenters. The third-order valence-electron chi connectivity index (χ3n) is 8.45. The molecule has 0 saturated heterocycles. The number of nitrogens with zero attached hydrogens (tertiary/aromatic N) is 1. The maximum absolute atomic E-state index is 14.0. The van der Waals surface area contributed by atoms with Gasteiger partial charge in [0.1, 0.15) is 0 Å². The fourth-order valence-electron chi connectivity index (χ4n) is 6.15. The van der Waals surface area contributed by atoms with E-state index in [1.807, 2.05) is 45.0 Å². The van der Waals surface area contributed by atoms with Crippen LogP contribution in [0.5, 0.6) is 0 Å². The monoisotopic (exact) mass is 700 g/mol. The molecular weight excluding hydrogens is 657 g/mol. The summed E-state index contributed by atoms with van der Waals surface area (Å²) in [5.74, 6) is -1.48. The molecule has 5 aromatic rings. The topological polar surface area (TPSA) is 75.7 Å². The molecule has 48 heavy (non-hydrogen) atoms. The van der Waals surface area contributed by atoms with Crippen molar-refractivity contribution in [1.29, 1.82) is 0 Å². The van der Waals surface area contributed by atoms with Crippen molar-refractivity contribution in [2.24, 2.45) is 5.92 Å². The van der Waals surface area contributed by atoms with Gasteiger partial charge in [0.2, 0.25) is 0 Å². The number of esters is 1. The summed E-state index contributed by atoms with van der Waals surface area (Å²) < 4.78 is 9.99. The Kier molecular flexibility index (Phi) is 11.0. The van der Waals surface area contributed by atoms with E-state index in [0.29, 0.717) is 5.56 Å². The van der Waals surface area contributed by atoms with Gasteiger partial charge in [-0.1, -0.05) is 18.2 Å². The van der Waals surface area contributed by atoms with Gasteiger partial charge in [0.05, 0.1) is 0 Å². The molecule has 0 aromatic heterocycles. The number of hydrogen-bond donors (Lipinski definition) is 1. The van der Waals surface area contributed by atoms with Gasteiger partial charge >= 0.3 is 257 Å². The molecule has 1 unspecified atom stereocenters. The number of ether oxygens (including phenoxy) is 1. The summed E-state index contributed by atoms with van der Waals surface area (Å²) in [6.45, 7) is 7.78. The second kappa shape index (κ2) is 15.3. The average molecular weight is 699 g/mol. The van der Waals surface area contributed by atoms with E-state index < -0.39 is 36.6 Å². The molecule has 6 nitrogen and oxygen atoms in total. The van der Waals surface area contributed by atoms with Crippen LogP contribution < -0.4 is 18.6 Å². The molecule has 0 heterocycles. The SMILES string of the molecule is CC(COC(=O)c1ccccc1C(=O)N(NC(=O)c1ccccc1)C(C)(C)C)[CH2][Ge]([c]1ccccc1)([c]1ccccc1)[c]1ccccc1. The van der Waals surface area contributed by atoms with Crippen molar-refractivity contribution in [2.45, 2.75) is 38.5 Å². The van der Waals surface area contributed by atoms with Crippen LogP contribution in [0.4, 0.5) is 0 Å². The van der Waals surface area contributed by atoms with E-state index in [-0.39, 0.29) is 23.7 Å². The molecule has 1 N–H and O–H groups in total. The Labute approximate surface area is 286 Å². The molecular formula is C41H42GeN2O4. The predicted octanol–water partition coefficient (Wildman–Crippen LogP) is 6.24. The fraction of sp³-hybridized carbons (Fsp3) is 0.195. The maximum atomic E-state index is 14.0. The van der Waals surface area contributed by atoms with Crippen molar-refractivity contribution in [3.63, 3.8) is 0 Å². The third kappa shape index (κ3) is 7.77. The van der Waals surface area contributed by atoms with E-state index in [0.717, 1.165) is 5.25 Å². The number of amides is 2. The van der Waals surface area contributed by atoms with Gasteiger partial charge in [-0.25, -0.2) is 0 Å². The van der Waals surface area contributed by atoms with E-state index in [1.54, 1.807) is 48.5 Å². The zero-order valence-corrected chi connectivity index (χ0v) is 30.0. The molecule has 0 radical (unpaired) electrons. The molecule has 5 aromatic carbocycles. The summed E-state index contributed by atoms with van der Waals surface area (Å²) >= 11 is -3.26. The second-order valence-corrected chi connectivity index (χ2v) is 21.4. The van der Waals surface area contributed by atoms with Crippen LogP contribution in [0, 0.1) is 5.92 Å². The van der Waals surface area contributed by atoms with Crippen LogP contribution in [0.1, 0.15) is 58.8 Å². The Balaban J connectivity index is 1.39. The minimum atomic E-state index is -3.26. The molecule has 5 rings (SSSR count). The van der Waals surface area contributed by atoms with E-state index >= 15 is 0 Å². The fourth-order valence-corrected chi connectivity index (χ4v) is 17.0. The normalized spacial score (nSPS) is 12.1. The van der Waals surface area contributed by atoms with Gasteiger partial charge in [0.15, 0.2) is 0 Å². The minimum absolute atomic E-state index is 0.0219. The molecule has 0 aliphatic rings. The first kappa shape index (κ1) is 34.4. The van der Waals surface area contributed by atoms with E-state index in [2.05, 4.69) is 85.1 Å². The number of carbonyl (C=O) groups is 3. The molecule has 0 bridgehead atoms. The molecule has 7 heteroatoms. The van der Waals surface area contributed by atoms with Crippen LogP contribution in [-0.4, -0.2) is 48.2 Å². The van der Waals surface area contributed by atoms with Crippen molar-refractivity contribution in [2.75, 3.05) is 6.61 Å². The summed E-state index contributed by atoms with van der Waals surface area (Å²) in [6.07, 6.45) is 0. The average Bonchev–Trinajstić information content (AvgIpc) is 3.12. The van der Waals surface area contributed by atoms with Crippen LogP contribution in [0.15, 0.2) is 146 Å². The summed E-state index contributed by atoms with van der Waals surface area (Å²) in [6, 6.07) is 47.4. The number of hydrogen-bond acceptors (Lipinski definition) is 4. The Morgan fingerprint density at radius 3 is 1.52 bits per heavy atom. The molecule has 0 saturated carbocycles. The Hall–Kier alpha value is -4.95. The Morgan fingerprint density at radius 2 is 1.06 bits per heavy atom. The first-order valence-electron chi connectivity index (χ1n) is 16.2. The van der Waals surface area contributed by atoms with Crippen LogP contribution in [0.3, 0.4) is 0 Å². The van der Waals surface area contributed by atoms with E-state index in [1.165, 1.54) is 18.2 Å². The molecule has 0 spiro atoms. The van der Waals surface area contributed by atoms with Gasteiger partial charge in [-0.3, -0.25) is 0 Å². The van der Waals surface area contributed by atoms with Gasteiger partial charge in [-0.15, -0.1) is 0 Å². The quantitative estimate of drug-likeness (QED) is 0.107. The number of carbonyl (C=O) groups excluding carboxylic acids is 3. The second-order valence-electron chi connectivity index (χ2n) is 13.1. The molecule has 0 aliphatic carbocycles. The standard InChI is InChI=1S/C41H42GeN2O4/c1-31(29-42(33-21-11-6-12-22-33,34-23-13-7-14-24-34)35-25-15-8-16-26-35)30-48-40(47)37-28-18-17-27-36(37)39(46)44(41(2,3)4)43-38(45)32-19-9-5-10-20-32/h5-28,31H,29-30H2,1-4H3,(H,43,45). The first-order chi connectivity index (χ1) is 23.1. The number of hydrazine groups is 1. The summed E-state index contributed by atoms with van der Waals surface area (Å²) in [4.78, 5) is 40.8. The number of rotatable bonds is 10. The number of nitrogens with one attached hydrogen (secondary N) is 1. The van der Waals surface area contributed by atoms with Crippen LogP contribution >= 0.6 is 0 Å². The molecule has 0 fully saturated rings. The van der Waals surface area contributed by atoms with Crippen molar-refractivity contribution in [3.8, 4) is 0 Å². The van der Waals surface area contributed by atoms with Crippen LogP contribution in [0.25, 0.3) is 0 Å². The van der Waals surface area contributed by atoms with Crippen molar-refractivity contribution >= 4 is 44.2 Å². The predicted molar refractivity (Wildman–Crippen MR) is 195 cm³/mol. The zero-order chi connectivity index (χ0) is 34.1. The van der Waals surface area contributed by atoms with Crippen molar-refractivity contribution < 1.29 is 19.1 Å². The van der Waals surface area contributed by atoms with Crippen LogP contribution in [0.2, 0.25) is 5.25 Å². The van der Waals surface area contributed by atoms with Crippen molar-refractivity contribution in [3.05, 3.63) is 162 Å². The Bertz CT molecular complexity index is 1730. The molecule has 0 aliphatic heterocycles. The van der Waals surface area contributed by atoms with Crippen LogP contribution in [-0.2, 0) is 4.74 Å². The Morgan fingerprint density at radius 1 is 0.646 bits per heavy atom. The molecule has 244 valence electrons. The van der Waals surface area contributed by atoms with Gasteiger partial charge in [0, 0.05) is 0 Å². The molecule has 2 amide bonds. The van der Waals surface area contributed by atoms with Gasteiger partial charge < -0.3 is 0 Å². The summed E-state index contributed by atoms with van der Waals surface area (Å²) in [7, 11) is 0. The van der Waals surface area contributed by atoms with Gasteiger partial charge in [-0.05, 0) is 12.1 Å². The van der Waals surface area contributed by atoms with E-state index in [4.69, 9.17) is 4.74 Å². The summed E-state index contributed by atoms with van der Waals surface area (Å²) in [5.41, 5.74) is 2.70. The first-order valence-corrected chi connectivity index (χ1v) is 20.9. The van der Waals surface area contributed by atoms with Gasteiger partial charge in [-0.2, -0.15) is 0 Å². The van der Waals surface area contributed by atoms with E-state index in [9.17, 15) is 14.4 Å². The third-order valence-corrected chi connectivity index (χ3v) is 19.5.